The SMILES string of the molecule is Cc1ncc(C)n2nc(/C=C/c3ccc4cc(F)ccc4n3)nc12. The topological polar surface area (TPSA) is 56.0 Å². The second-order valence-electron chi connectivity index (χ2n) is 5.60. The largest absolute Gasteiger partial charge is 0.256 e. The maximum Gasteiger partial charge on any atom is 0.177 e. The molecule has 0 saturated carbocycles. The standard InChI is InChI=1S/C18H14FN5/c1-11-10-20-12(2)18-22-17(23-24(11)18)8-6-15-5-3-13-9-14(19)4-7-16(13)21-15/h3-10H,1-2H3/b8-6+. The lowest BCUT2D eigenvalue weighted by atomic mass is 10.2. The average Bonchev–Trinajstić information content (AvgIpc) is 3.02. The zero-order chi connectivity index (χ0) is 16.7. The first kappa shape index (κ1) is 14.4. The number of hydrogen-bond acceptors (Lipinski definition) is 4. The Morgan fingerprint density at radius 3 is 2.75 bits per heavy atom. The quantitative estimate of drug-likeness (QED) is 0.566. The first-order valence-corrected chi connectivity index (χ1v) is 7.53. The van der Waals surface area contributed by atoms with Crippen LogP contribution in [-0.4, -0.2) is 24.6 Å². The highest BCUT2D eigenvalue weighted by Crippen LogP contribution is 2.16. The van der Waals surface area contributed by atoms with Gasteiger partial charge in [0.1, 0.15) is 5.82 Å². The summed E-state index contributed by atoms with van der Waals surface area (Å²) in [4.78, 5) is 13.3. The normalized spacial score (nSPS) is 11.8. The van der Waals surface area contributed by atoms with Gasteiger partial charge in [-0.2, -0.15) is 0 Å². The molecule has 5 nitrogen and oxygen atoms in total. The van der Waals surface area contributed by atoms with Crippen molar-refractivity contribution in [3.8, 4) is 0 Å². The summed E-state index contributed by atoms with van der Waals surface area (Å²) < 4.78 is 15.0. The number of nitrogens with zero attached hydrogens (tertiary/aromatic N) is 5. The van der Waals surface area contributed by atoms with Crippen molar-refractivity contribution in [2.45, 2.75) is 13.8 Å². The van der Waals surface area contributed by atoms with Crippen molar-refractivity contribution >= 4 is 28.7 Å². The van der Waals surface area contributed by atoms with E-state index in [1.807, 2.05) is 38.1 Å². The summed E-state index contributed by atoms with van der Waals surface area (Å²) in [5.41, 5.74) is 4.01. The molecule has 0 aliphatic rings. The lowest BCUT2D eigenvalue weighted by Gasteiger charge is -1.98. The minimum atomic E-state index is -0.263. The van der Waals surface area contributed by atoms with E-state index in [1.54, 1.807) is 16.8 Å². The Hall–Kier alpha value is -3.15. The number of rotatable bonds is 2. The van der Waals surface area contributed by atoms with Crippen LogP contribution in [0.25, 0.3) is 28.7 Å². The first-order valence-electron chi connectivity index (χ1n) is 7.53. The third-order valence-electron chi connectivity index (χ3n) is 3.80. The highest BCUT2D eigenvalue weighted by Gasteiger charge is 2.06. The molecule has 0 atom stereocenters. The van der Waals surface area contributed by atoms with Gasteiger partial charge < -0.3 is 0 Å². The van der Waals surface area contributed by atoms with Gasteiger partial charge >= 0.3 is 0 Å². The molecular formula is C18H14FN5. The summed E-state index contributed by atoms with van der Waals surface area (Å²) >= 11 is 0. The Morgan fingerprint density at radius 1 is 1.04 bits per heavy atom. The Morgan fingerprint density at radius 2 is 1.92 bits per heavy atom. The first-order chi connectivity index (χ1) is 11.6. The van der Waals surface area contributed by atoms with Gasteiger partial charge in [-0.15, -0.1) is 5.10 Å². The molecule has 0 saturated heterocycles. The summed E-state index contributed by atoms with van der Waals surface area (Å²) in [6.07, 6.45) is 5.42. The van der Waals surface area contributed by atoms with Crippen LogP contribution in [0.4, 0.5) is 4.39 Å². The van der Waals surface area contributed by atoms with Gasteiger partial charge in [0.25, 0.3) is 0 Å². The molecule has 4 aromatic rings. The zero-order valence-electron chi connectivity index (χ0n) is 13.2. The van der Waals surface area contributed by atoms with E-state index in [2.05, 4.69) is 20.1 Å². The van der Waals surface area contributed by atoms with Crippen LogP contribution in [0.1, 0.15) is 22.9 Å². The fourth-order valence-electron chi connectivity index (χ4n) is 2.55. The molecule has 0 N–H and O–H groups in total. The molecule has 0 aliphatic heterocycles. The molecule has 1 aromatic carbocycles. The summed E-state index contributed by atoms with van der Waals surface area (Å²) in [5.74, 6) is 0.330. The number of aryl methyl sites for hydroxylation is 2. The molecule has 0 aliphatic carbocycles. The van der Waals surface area contributed by atoms with E-state index in [4.69, 9.17) is 0 Å². The van der Waals surface area contributed by atoms with Crippen LogP contribution in [0.15, 0.2) is 36.5 Å². The van der Waals surface area contributed by atoms with Crippen molar-refractivity contribution in [2.24, 2.45) is 0 Å². The van der Waals surface area contributed by atoms with E-state index in [9.17, 15) is 4.39 Å². The summed E-state index contributed by atoms with van der Waals surface area (Å²) in [6.45, 7) is 3.84. The van der Waals surface area contributed by atoms with Crippen LogP contribution in [0.2, 0.25) is 0 Å². The molecule has 0 unspecified atom stereocenters. The Balaban J connectivity index is 1.71. The van der Waals surface area contributed by atoms with Crippen molar-refractivity contribution in [3.05, 3.63) is 65.3 Å². The van der Waals surface area contributed by atoms with Crippen molar-refractivity contribution in [2.75, 3.05) is 0 Å². The number of fused-ring (bicyclic) bond motifs is 2. The number of hydrogen-bond donors (Lipinski definition) is 0. The number of halogens is 1. The van der Waals surface area contributed by atoms with Crippen LogP contribution >= 0.6 is 0 Å². The van der Waals surface area contributed by atoms with E-state index in [0.717, 1.165) is 33.6 Å². The van der Waals surface area contributed by atoms with Gasteiger partial charge in [0, 0.05) is 11.6 Å². The minimum absolute atomic E-state index is 0.263. The monoisotopic (exact) mass is 319 g/mol. The molecule has 3 heterocycles. The molecule has 0 radical (unpaired) electrons. The van der Waals surface area contributed by atoms with Crippen molar-refractivity contribution in [1.82, 2.24) is 24.6 Å². The molecule has 0 bridgehead atoms. The average molecular weight is 319 g/mol. The summed E-state index contributed by atoms with van der Waals surface area (Å²) in [6, 6.07) is 8.24. The molecule has 0 fully saturated rings. The minimum Gasteiger partial charge on any atom is -0.256 e. The second-order valence-corrected chi connectivity index (χ2v) is 5.60. The van der Waals surface area contributed by atoms with Gasteiger partial charge in [0.2, 0.25) is 0 Å². The van der Waals surface area contributed by atoms with E-state index in [-0.39, 0.29) is 5.82 Å². The maximum atomic E-state index is 13.2. The summed E-state index contributed by atoms with van der Waals surface area (Å²) in [5, 5.41) is 5.24. The van der Waals surface area contributed by atoms with Gasteiger partial charge in [-0.25, -0.2) is 18.9 Å². The highest BCUT2D eigenvalue weighted by atomic mass is 19.1. The van der Waals surface area contributed by atoms with E-state index >= 15 is 0 Å². The van der Waals surface area contributed by atoms with E-state index in [0.29, 0.717) is 5.82 Å². The molecule has 118 valence electrons. The molecule has 4 rings (SSSR count). The van der Waals surface area contributed by atoms with Crippen LogP contribution in [0.5, 0.6) is 0 Å². The predicted octanol–water partition coefficient (Wildman–Crippen LogP) is 3.60. The second kappa shape index (κ2) is 5.49. The van der Waals surface area contributed by atoms with Gasteiger partial charge in [0.05, 0.1) is 22.6 Å². The van der Waals surface area contributed by atoms with E-state index < -0.39 is 0 Å². The molecule has 24 heavy (non-hydrogen) atoms. The Kier molecular flexibility index (Phi) is 3.30. The molecule has 0 spiro atoms. The van der Waals surface area contributed by atoms with Gasteiger partial charge in [-0.3, -0.25) is 4.98 Å². The van der Waals surface area contributed by atoms with E-state index in [1.165, 1.54) is 12.1 Å². The number of pyridine rings is 1. The van der Waals surface area contributed by atoms with Gasteiger partial charge in [-0.1, -0.05) is 6.07 Å². The molecule has 6 heteroatoms. The lowest BCUT2D eigenvalue weighted by Crippen LogP contribution is -1.97. The van der Waals surface area contributed by atoms with Crippen LogP contribution < -0.4 is 0 Å². The Bertz CT molecular complexity index is 1060. The van der Waals surface area contributed by atoms with Crippen LogP contribution in [0, 0.1) is 19.7 Å². The number of benzene rings is 1. The van der Waals surface area contributed by atoms with Crippen molar-refractivity contribution < 1.29 is 4.39 Å². The third-order valence-corrected chi connectivity index (χ3v) is 3.80. The lowest BCUT2D eigenvalue weighted by molar-refractivity contribution is 0.629. The Labute approximate surface area is 137 Å². The van der Waals surface area contributed by atoms with Crippen molar-refractivity contribution in [3.63, 3.8) is 0 Å². The van der Waals surface area contributed by atoms with Crippen molar-refractivity contribution in [1.29, 1.82) is 0 Å². The fourth-order valence-corrected chi connectivity index (χ4v) is 2.55. The summed E-state index contributed by atoms with van der Waals surface area (Å²) in [7, 11) is 0. The van der Waals surface area contributed by atoms with Crippen LogP contribution in [-0.2, 0) is 0 Å². The fraction of sp³-hybridized carbons (Fsp3) is 0.111. The van der Waals surface area contributed by atoms with Gasteiger partial charge in [0.15, 0.2) is 11.5 Å². The van der Waals surface area contributed by atoms with Crippen LogP contribution in [0.3, 0.4) is 0 Å². The predicted molar refractivity (Wildman–Crippen MR) is 90.9 cm³/mol. The molecular weight excluding hydrogens is 305 g/mol. The third kappa shape index (κ3) is 2.52. The highest BCUT2D eigenvalue weighted by molar-refractivity contribution is 5.80. The maximum absolute atomic E-state index is 13.2. The van der Waals surface area contributed by atoms with Gasteiger partial charge in [-0.05, 0) is 50.3 Å². The smallest absolute Gasteiger partial charge is 0.177 e. The molecule has 3 aromatic heterocycles. The molecule has 0 amide bonds. The zero-order valence-corrected chi connectivity index (χ0v) is 13.2. The number of aromatic nitrogens is 5.